The minimum absolute atomic E-state index is 0.00617. The third-order valence-corrected chi connectivity index (χ3v) is 3.45. The Balaban J connectivity index is 1.98. The molecule has 114 valence electrons. The molecule has 5 heteroatoms. The van der Waals surface area contributed by atoms with Crippen molar-refractivity contribution in [2.24, 2.45) is 0 Å². The molecule has 0 aromatic heterocycles. The fourth-order valence-electron chi connectivity index (χ4n) is 2.06. The molecule has 0 aliphatic carbocycles. The number of para-hydroxylation sites is 1. The molecule has 22 heavy (non-hydrogen) atoms. The van der Waals surface area contributed by atoms with Crippen LogP contribution in [0.1, 0.15) is 28.9 Å². The van der Waals surface area contributed by atoms with E-state index in [9.17, 15) is 4.79 Å². The molecule has 0 aliphatic heterocycles. The number of nitrogens with one attached hydrogen (secondary N) is 2. The molecule has 0 heterocycles. The molecule has 0 saturated heterocycles. The molecule has 1 amide bonds. The van der Waals surface area contributed by atoms with Gasteiger partial charge in [0, 0.05) is 0 Å². The minimum atomic E-state index is -0.296. The fourth-order valence-corrected chi connectivity index (χ4v) is 2.33. The molecule has 0 bridgehead atoms. The summed E-state index contributed by atoms with van der Waals surface area (Å²) in [7, 11) is 1.53. The number of hydrogen-bond donors (Lipinski definition) is 2. The monoisotopic (exact) mass is 314 g/mol. The smallest absolute Gasteiger partial charge is 0.261 e. The molecule has 2 N–H and O–H groups in total. The van der Waals surface area contributed by atoms with Gasteiger partial charge in [-0.3, -0.25) is 10.1 Å². The average Bonchev–Trinajstić information content (AvgIpc) is 2.55. The second kappa shape index (κ2) is 7.56. The fraction of sp³-hybridized carbons (Fsp3) is 0.176. The van der Waals surface area contributed by atoms with Gasteiger partial charge >= 0.3 is 0 Å². The van der Waals surface area contributed by atoms with Crippen LogP contribution in [0, 0.1) is 0 Å². The summed E-state index contributed by atoms with van der Waals surface area (Å²) in [6.07, 6.45) is 0. The third kappa shape index (κ3) is 4.05. The Morgan fingerprint density at radius 1 is 1.09 bits per heavy atom. The summed E-state index contributed by atoms with van der Waals surface area (Å²) in [5.74, 6) is 0.217. The zero-order valence-corrected chi connectivity index (χ0v) is 13.3. The molecule has 2 aromatic rings. The van der Waals surface area contributed by atoms with E-state index in [-0.39, 0.29) is 17.1 Å². The van der Waals surface area contributed by atoms with E-state index in [0.29, 0.717) is 11.3 Å². The van der Waals surface area contributed by atoms with Crippen LogP contribution in [0.25, 0.3) is 0 Å². The van der Waals surface area contributed by atoms with Gasteiger partial charge in [-0.05, 0) is 36.8 Å². The molecule has 0 spiro atoms. The van der Waals surface area contributed by atoms with Crippen molar-refractivity contribution in [3.8, 4) is 5.75 Å². The predicted molar refractivity (Wildman–Crippen MR) is 91.1 cm³/mol. The Bertz CT molecular complexity index is 659. The van der Waals surface area contributed by atoms with Gasteiger partial charge in [0.2, 0.25) is 0 Å². The first-order valence-corrected chi connectivity index (χ1v) is 7.32. The Morgan fingerprint density at radius 2 is 1.73 bits per heavy atom. The standard InChI is InChI=1S/C17H18N2O2S/c1-12(13-8-4-3-5-9-13)18-17(22)19-16(20)14-10-6-7-11-15(14)21-2/h3-12H,1-2H3,(H2,18,19,20,22)/t12-/m0/s1. The number of rotatable bonds is 4. The normalized spacial score (nSPS) is 11.4. The third-order valence-electron chi connectivity index (χ3n) is 3.23. The zero-order valence-electron chi connectivity index (χ0n) is 12.5. The van der Waals surface area contributed by atoms with Gasteiger partial charge in [-0.25, -0.2) is 0 Å². The van der Waals surface area contributed by atoms with Crippen LogP contribution < -0.4 is 15.4 Å². The average molecular weight is 314 g/mol. The van der Waals surface area contributed by atoms with Gasteiger partial charge in [0.15, 0.2) is 5.11 Å². The van der Waals surface area contributed by atoms with Gasteiger partial charge in [-0.2, -0.15) is 0 Å². The van der Waals surface area contributed by atoms with Crippen molar-refractivity contribution in [2.45, 2.75) is 13.0 Å². The number of carbonyl (C=O) groups is 1. The van der Waals surface area contributed by atoms with E-state index in [1.54, 1.807) is 18.2 Å². The highest BCUT2D eigenvalue weighted by Crippen LogP contribution is 2.17. The van der Waals surface area contributed by atoms with Gasteiger partial charge in [0.05, 0.1) is 18.7 Å². The lowest BCUT2D eigenvalue weighted by atomic mass is 10.1. The Kier molecular flexibility index (Phi) is 5.49. The van der Waals surface area contributed by atoms with Gasteiger partial charge in [0.1, 0.15) is 5.75 Å². The first kappa shape index (κ1) is 16.0. The molecule has 0 saturated carbocycles. The second-order valence-corrected chi connectivity index (χ2v) is 5.17. The van der Waals surface area contributed by atoms with Crippen molar-refractivity contribution < 1.29 is 9.53 Å². The zero-order chi connectivity index (χ0) is 15.9. The molecule has 4 nitrogen and oxygen atoms in total. The summed E-state index contributed by atoms with van der Waals surface area (Å²) in [5.41, 5.74) is 1.54. The lowest BCUT2D eigenvalue weighted by molar-refractivity contribution is 0.0973. The highest BCUT2D eigenvalue weighted by molar-refractivity contribution is 7.80. The van der Waals surface area contributed by atoms with Crippen LogP contribution in [0.5, 0.6) is 5.75 Å². The number of hydrogen-bond acceptors (Lipinski definition) is 3. The Labute approximate surface area is 135 Å². The molecular weight excluding hydrogens is 296 g/mol. The Hall–Kier alpha value is -2.40. The van der Waals surface area contributed by atoms with E-state index in [4.69, 9.17) is 17.0 Å². The van der Waals surface area contributed by atoms with Crippen molar-refractivity contribution in [1.82, 2.24) is 10.6 Å². The van der Waals surface area contributed by atoms with Crippen molar-refractivity contribution in [3.05, 3.63) is 65.7 Å². The van der Waals surface area contributed by atoms with E-state index in [0.717, 1.165) is 5.56 Å². The molecular formula is C17H18N2O2S. The van der Waals surface area contributed by atoms with Crippen molar-refractivity contribution in [1.29, 1.82) is 0 Å². The minimum Gasteiger partial charge on any atom is -0.496 e. The maximum Gasteiger partial charge on any atom is 0.261 e. The van der Waals surface area contributed by atoms with Gasteiger partial charge in [-0.1, -0.05) is 42.5 Å². The topological polar surface area (TPSA) is 50.4 Å². The number of thiocarbonyl (C=S) groups is 1. The maximum atomic E-state index is 12.2. The van der Waals surface area contributed by atoms with Crippen LogP contribution in [0.15, 0.2) is 54.6 Å². The largest absolute Gasteiger partial charge is 0.496 e. The Morgan fingerprint density at radius 3 is 2.41 bits per heavy atom. The second-order valence-electron chi connectivity index (χ2n) is 4.76. The number of methoxy groups -OCH3 is 1. The maximum absolute atomic E-state index is 12.2. The van der Waals surface area contributed by atoms with Crippen LogP contribution in [0.3, 0.4) is 0 Å². The van der Waals surface area contributed by atoms with Crippen LogP contribution in [-0.4, -0.2) is 18.1 Å². The molecule has 0 fully saturated rings. The highest BCUT2D eigenvalue weighted by Gasteiger charge is 2.14. The SMILES string of the molecule is COc1ccccc1C(=O)NC(=S)N[C@@H](C)c1ccccc1. The molecule has 0 radical (unpaired) electrons. The summed E-state index contributed by atoms with van der Waals surface area (Å²) in [5, 5.41) is 6.05. The highest BCUT2D eigenvalue weighted by atomic mass is 32.1. The first-order chi connectivity index (χ1) is 10.6. The van der Waals surface area contributed by atoms with Crippen LogP contribution in [0.2, 0.25) is 0 Å². The van der Waals surface area contributed by atoms with E-state index in [1.807, 2.05) is 43.3 Å². The molecule has 1 atom stereocenters. The lowest BCUT2D eigenvalue weighted by Gasteiger charge is -2.17. The molecule has 2 rings (SSSR count). The van der Waals surface area contributed by atoms with Gasteiger partial charge < -0.3 is 10.1 Å². The van der Waals surface area contributed by atoms with Crippen molar-refractivity contribution in [3.63, 3.8) is 0 Å². The van der Waals surface area contributed by atoms with E-state index in [1.165, 1.54) is 7.11 Å². The van der Waals surface area contributed by atoms with E-state index >= 15 is 0 Å². The van der Waals surface area contributed by atoms with Crippen LogP contribution in [0.4, 0.5) is 0 Å². The van der Waals surface area contributed by atoms with Crippen LogP contribution in [-0.2, 0) is 0 Å². The van der Waals surface area contributed by atoms with E-state index < -0.39 is 0 Å². The van der Waals surface area contributed by atoms with Crippen molar-refractivity contribution >= 4 is 23.2 Å². The van der Waals surface area contributed by atoms with Crippen molar-refractivity contribution in [2.75, 3.05) is 7.11 Å². The van der Waals surface area contributed by atoms with E-state index in [2.05, 4.69) is 10.6 Å². The first-order valence-electron chi connectivity index (χ1n) is 6.91. The van der Waals surface area contributed by atoms with Gasteiger partial charge in [-0.15, -0.1) is 0 Å². The predicted octanol–water partition coefficient (Wildman–Crippen LogP) is 3.06. The molecule has 2 aromatic carbocycles. The summed E-state index contributed by atoms with van der Waals surface area (Å²) >= 11 is 5.20. The quantitative estimate of drug-likeness (QED) is 0.852. The molecule has 0 unspecified atom stereocenters. The van der Waals surface area contributed by atoms with Gasteiger partial charge in [0.25, 0.3) is 5.91 Å². The number of carbonyl (C=O) groups excluding carboxylic acids is 1. The summed E-state index contributed by atoms with van der Waals surface area (Å²) in [4.78, 5) is 12.2. The van der Waals surface area contributed by atoms with Crippen LogP contribution >= 0.6 is 12.2 Å². The number of ether oxygens (including phenoxy) is 1. The molecule has 0 aliphatic rings. The number of amides is 1. The summed E-state index contributed by atoms with van der Waals surface area (Å²) in [6, 6.07) is 16.9. The lowest BCUT2D eigenvalue weighted by Crippen LogP contribution is -2.40. The summed E-state index contributed by atoms with van der Waals surface area (Å²) in [6.45, 7) is 1.98. The summed E-state index contributed by atoms with van der Waals surface area (Å²) < 4.78 is 5.17. The number of benzene rings is 2.